The van der Waals surface area contributed by atoms with Crippen molar-refractivity contribution in [2.75, 3.05) is 0 Å². The molecule has 0 spiro atoms. The molecule has 4 aromatic rings. The van der Waals surface area contributed by atoms with Crippen LogP contribution in [0.2, 0.25) is 0 Å². The predicted molar refractivity (Wildman–Crippen MR) is 133 cm³/mol. The van der Waals surface area contributed by atoms with Crippen LogP contribution < -0.4 is 4.83 Å². The van der Waals surface area contributed by atoms with Gasteiger partial charge in [-0.1, -0.05) is 48.5 Å². The fourth-order valence-corrected chi connectivity index (χ4v) is 4.99. The number of non-ortho nitro benzene ring substituents is 1. The number of hydrogen-bond acceptors (Lipinski definition) is 8. The Hall–Kier alpha value is -4.03. The van der Waals surface area contributed by atoms with Gasteiger partial charge in [0.2, 0.25) is 0 Å². The molecule has 0 aliphatic rings. The maximum atomic E-state index is 12.4. The fraction of sp³-hybridized carbons (Fsp3) is 0.0870. The number of sulfonamides is 1. The van der Waals surface area contributed by atoms with Crippen molar-refractivity contribution in [1.29, 1.82) is 0 Å². The molecule has 0 aliphatic heterocycles. The molecule has 12 heteroatoms. The van der Waals surface area contributed by atoms with Crippen LogP contribution >= 0.6 is 11.8 Å². The fourth-order valence-electron chi connectivity index (χ4n) is 3.21. The van der Waals surface area contributed by atoms with E-state index in [1.807, 2.05) is 41.8 Å². The molecule has 0 saturated heterocycles. The topological polar surface area (TPSA) is 132 Å². The molecule has 35 heavy (non-hydrogen) atoms. The van der Waals surface area contributed by atoms with Crippen molar-refractivity contribution in [3.05, 3.63) is 94.5 Å². The van der Waals surface area contributed by atoms with Gasteiger partial charge in [-0.25, -0.2) is 4.83 Å². The molecular formula is C23H20N6O4S2. The highest BCUT2D eigenvalue weighted by Gasteiger charge is 2.17. The molecule has 0 saturated carbocycles. The molecule has 0 bridgehead atoms. The SMILES string of the molecule is CCn1c(Sc2ccc([N+](=O)[O-])cc2/C=N\NS(=O)(=O)c2ccccc2)nnc1-c1ccccc1. The van der Waals surface area contributed by atoms with Crippen LogP contribution in [0.3, 0.4) is 0 Å². The lowest BCUT2D eigenvalue weighted by atomic mass is 10.2. The third-order valence-corrected chi connectivity index (χ3v) is 7.22. The van der Waals surface area contributed by atoms with Crippen LogP contribution in [0.15, 0.2) is 98.9 Å². The number of nitro groups is 1. The van der Waals surface area contributed by atoms with E-state index in [1.165, 1.54) is 42.2 Å². The van der Waals surface area contributed by atoms with Gasteiger partial charge in [-0.2, -0.15) is 13.5 Å². The lowest BCUT2D eigenvalue weighted by molar-refractivity contribution is -0.384. The Morgan fingerprint density at radius 3 is 2.40 bits per heavy atom. The first-order valence-corrected chi connectivity index (χ1v) is 12.7. The molecule has 0 amide bonds. The van der Waals surface area contributed by atoms with Gasteiger partial charge in [-0.05, 0) is 36.9 Å². The summed E-state index contributed by atoms with van der Waals surface area (Å²) in [6.07, 6.45) is 1.24. The van der Waals surface area contributed by atoms with Crippen LogP contribution in [0.1, 0.15) is 12.5 Å². The Kier molecular flexibility index (Phi) is 7.22. The van der Waals surface area contributed by atoms with Gasteiger partial charge < -0.3 is 4.57 Å². The number of rotatable bonds is 9. The van der Waals surface area contributed by atoms with E-state index in [2.05, 4.69) is 20.1 Å². The zero-order valence-electron chi connectivity index (χ0n) is 18.5. The van der Waals surface area contributed by atoms with Crippen molar-refractivity contribution >= 4 is 33.7 Å². The highest BCUT2D eigenvalue weighted by molar-refractivity contribution is 7.99. The average Bonchev–Trinajstić information content (AvgIpc) is 3.28. The normalized spacial score (nSPS) is 11.6. The van der Waals surface area contributed by atoms with Crippen molar-refractivity contribution in [1.82, 2.24) is 19.6 Å². The zero-order chi connectivity index (χ0) is 24.8. The number of aromatic nitrogens is 3. The third-order valence-electron chi connectivity index (χ3n) is 4.90. The largest absolute Gasteiger partial charge is 0.302 e. The minimum absolute atomic E-state index is 0.0512. The summed E-state index contributed by atoms with van der Waals surface area (Å²) in [6, 6.07) is 21.7. The van der Waals surface area contributed by atoms with Gasteiger partial charge >= 0.3 is 0 Å². The zero-order valence-corrected chi connectivity index (χ0v) is 20.1. The maximum Gasteiger partial charge on any atom is 0.276 e. The first-order valence-electron chi connectivity index (χ1n) is 10.4. The van der Waals surface area contributed by atoms with E-state index >= 15 is 0 Å². The second-order valence-corrected chi connectivity index (χ2v) is 9.83. The summed E-state index contributed by atoms with van der Waals surface area (Å²) < 4.78 is 26.8. The Morgan fingerprint density at radius 2 is 1.74 bits per heavy atom. The summed E-state index contributed by atoms with van der Waals surface area (Å²) in [5.74, 6) is 0.698. The molecule has 0 aliphatic carbocycles. The van der Waals surface area contributed by atoms with E-state index in [4.69, 9.17) is 0 Å². The van der Waals surface area contributed by atoms with Gasteiger partial charge in [0.1, 0.15) is 0 Å². The van der Waals surface area contributed by atoms with Gasteiger partial charge in [0.25, 0.3) is 15.7 Å². The van der Waals surface area contributed by atoms with E-state index in [1.54, 1.807) is 24.3 Å². The van der Waals surface area contributed by atoms with Crippen molar-refractivity contribution in [3.63, 3.8) is 0 Å². The van der Waals surface area contributed by atoms with Crippen LogP contribution in [-0.2, 0) is 16.6 Å². The van der Waals surface area contributed by atoms with E-state index in [0.29, 0.717) is 28.0 Å². The lowest BCUT2D eigenvalue weighted by Gasteiger charge is -2.09. The number of nitrogens with one attached hydrogen (secondary N) is 1. The third kappa shape index (κ3) is 5.55. The van der Waals surface area contributed by atoms with Crippen molar-refractivity contribution in [2.45, 2.75) is 28.4 Å². The van der Waals surface area contributed by atoms with Crippen molar-refractivity contribution < 1.29 is 13.3 Å². The minimum atomic E-state index is -3.88. The Morgan fingerprint density at radius 1 is 1.06 bits per heavy atom. The summed E-state index contributed by atoms with van der Waals surface area (Å²) in [5.41, 5.74) is 1.12. The maximum absolute atomic E-state index is 12.4. The Bertz CT molecular complexity index is 1470. The van der Waals surface area contributed by atoms with Gasteiger partial charge in [0, 0.05) is 34.7 Å². The van der Waals surface area contributed by atoms with Crippen LogP contribution in [0.5, 0.6) is 0 Å². The first kappa shape index (κ1) is 24.1. The standard InChI is InChI=1S/C23H20N6O4S2/c1-2-28-22(17-9-5-3-6-10-17)25-26-23(28)34-21-14-13-19(29(30)31)15-18(21)16-24-27-35(32,33)20-11-7-4-8-12-20/h3-16,27H,2H2,1H3/b24-16-. The number of hydrogen-bond donors (Lipinski definition) is 1. The van der Waals surface area contributed by atoms with E-state index in [-0.39, 0.29) is 10.6 Å². The molecule has 10 nitrogen and oxygen atoms in total. The van der Waals surface area contributed by atoms with Crippen LogP contribution in [-0.4, -0.2) is 34.3 Å². The van der Waals surface area contributed by atoms with Crippen LogP contribution in [0.25, 0.3) is 11.4 Å². The summed E-state index contributed by atoms with van der Waals surface area (Å²) in [4.78, 5) is 13.6. The number of hydrazone groups is 1. The smallest absolute Gasteiger partial charge is 0.276 e. The second-order valence-electron chi connectivity index (χ2n) is 7.16. The molecule has 1 N–H and O–H groups in total. The summed E-state index contributed by atoms with van der Waals surface area (Å²) in [6.45, 7) is 2.57. The van der Waals surface area contributed by atoms with Gasteiger partial charge in [-0.3, -0.25) is 10.1 Å². The first-order chi connectivity index (χ1) is 16.9. The molecule has 0 fully saturated rings. The molecule has 0 radical (unpaired) electrons. The number of benzene rings is 3. The van der Waals surface area contributed by atoms with Gasteiger partial charge in [0.05, 0.1) is 16.0 Å². The minimum Gasteiger partial charge on any atom is -0.302 e. The predicted octanol–water partition coefficient (Wildman–Crippen LogP) is 4.34. The van der Waals surface area contributed by atoms with Gasteiger partial charge in [0.15, 0.2) is 11.0 Å². The quantitative estimate of drug-likeness (QED) is 0.202. The number of nitrogens with zero attached hydrogens (tertiary/aromatic N) is 5. The summed E-state index contributed by atoms with van der Waals surface area (Å²) in [7, 11) is -3.88. The molecule has 4 rings (SSSR count). The Labute approximate surface area is 205 Å². The number of nitro benzene ring substituents is 1. The molecule has 0 atom stereocenters. The highest BCUT2D eigenvalue weighted by Crippen LogP contribution is 2.33. The van der Waals surface area contributed by atoms with Crippen molar-refractivity contribution in [2.24, 2.45) is 5.10 Å². The van der Waals surface area contributed by atoms with E-state index in [9.17, 15) is 18.5 Å². The highest BCUT2D eigenvalue weighted by atomic mass is 32.2. The molecule has 0 unspecified atom stereocenters. The van der Waals surface area contributed by atoms with E-state index < -0.39 is 14.9 Å². The summed E-state index contributed by atoms with van der Waals surface area (Å²) >= 11 is 1.25. The molecular weight excluding hydrogens is 488 g/mol. The second kappa shape index (κ2) is 10.5. The average molecular weight is 509 g/mol. The Balaban J connectivity index is 1.65. The van der Waals surface area contributed by atoms with Crippen molar-refractivity contribution in [3.8, 4) is 11.4 Å². The molecule has 1 aromatic heterocycles. The lowest BCUT2D eigenvalue weighted by Crippen LogP contribution is -2.18. The van der Waals surface area contributed by atoms with Crippen LogP contribution in [0, 0.1) is 10.1 Å². The summed E-state index contributed by atoms with van der Waals surface area (Å²) in [5, 5.41) is 24.4. The monoisotopic (exact) mass is 508 g/mol. The van der Waals surface area contributed by atoms with E-state index in [0.717, 1.165) is 5.56 Å². The molecule has 3 aromatic carbocycles. The molecule has 178 valence electrons. The van der Waals surface area contributed by atoms with Crippen LogP contribution in [0.4, 0.5) is 5.69 Å². The van der Waals surface area contributed by atoms with Gasteiger partial charge in [-0.15, -0.1) is 10.2 Å². The molecule has 1 heterocycles.